The van der Waals surface area contributed by atoms with Gasteiger partial charge < -0.3 is 14.2 Å². The molecule has 2 aliphatic heterocycles. The third-order valence-corrected chi connectivity index (χ3v) is 4.15. The highest BCUT2D eigenvalue weighted by atomic mass is 16.7. The molecular weight excluding hydrogens is 342 g/mol. The molecule has 26 heavy (non-hydrogen) atoms. The molecule has 0 radical (unpaired) electrons. The Hall–Kier alpha value is -3.62. The van der Waals surface area contributed by atoms with E-state index >= 15 is 0 Å². The van der Waals surface area contributed by atoms with Gasteiger partial charge in [-0.1, -0.05) is 0 Å². The van der Waals surface area contributed by atoms with Crippen molar-refractivity contribution < 1.29 is 23.9 Å². The molecule has 0 saturated heterocycles. The van der Waals surface area contributed by atoms with Gasteiger partial charge in [0.1, 0.15) is 0 Å². The number of carbonyl (C=O) groups is 1. The molecule has 1 N–H and O–H groups in total. The van der Waals surface area contributed by atoms with Crippen LogP contribution in [0.4, 0.5) is 5.69 Å². The number of fused-ring (bicyclic) bond motifs is 2. The maximum Gasteiger partial charge on any atom is 0.310 e. The first-order valence-electron chi connectivity index (χ1n) is 7.69. The zero-order valence-electron chi connectivity index (χ0n) is 13.6. The van der Waals surface area contributed by atoms with Crippen molar-refractivity contribution in [3.8, 4) is 17.2 Å². The maximum atomic E-state index is 12.0. The number of ether oxygens (including phenoxy) is 3. The van der Waals surface area contributed by atoms with Crippen molar-refractivity contribution >= 4 is 17.3 Å². The van der Waals surface area contributed by atoms with Crippen LogP contribution < -0.4 is 19.6 Å². The fraction of sp³-hybridized carbons (Fsp3) is 0.176. The Balaban J connectivity index is 1.87. The highest BCUT2D eigenvalue weighted by Crippen LogP contribution is 2.37. The molecule has 132 valence electrons. The van der Waals surface area contributed by atoms with Gasteiger partial charge in [-0.15, -0.1) is 0 Å². The third-order valence-electron chi connectivity index (χ3n) is 4.15. The average molecular weight is 355 g/mol. The number of hydrogen-bond acceptors (Lipinski definition) is 7. The molecule has 0 aliphatic carbocycles. The summed E-state index contributed by atoms with van der Waals surface area (Å²) in [5, 5.41) is 15.3. The highest BCUT2D eigenvalue weighted by Gasteiger charge is 2.25. The monoisotopic (exact) mass is 355 g/mol. The standard InChI is InChI=1S/C17H13N3O6/c1-24-13-4-9(2-3-12(13)20(22)23)17-11-7-15-14(25-8-26-15)5-10(11)6-16(21)18-19-17/h2-5,7H,6,8H2,1H3,(H,18,21). The number of hydrogen-bond donors (Lipinski definition) is 1. The van der Waals surface area contributed by atoms with Crippen LogP contribution in [0.1, 0.15) is 16.7 Å². The predicted octanol–water partition coefficient (Wildman–Crippen LogP) is 1.76. The average Bonchev–Trinajstić information content (AvgIpc) is 3.01. The van der Waals surface area contributed by atoms with Crippen LogP contribution in [0.3, 0.4) is 0 Å². The van der Waals surface area contributed by atoms with Gasteiger partial charge in [-0.25, -0.2) is 5.43 Å². The molecule has 2 aliphatic rings. The lowest BCUT2D eigenvalue weighted by atomic mass is 9.95. The van der Waals surface area contributed by atoms with E-state index in [0.717, 1.165) is 5.56 Å². The molecule has 9 heteroatoms. The van der Waals surface area contributed by atoms with Crippen LogP contribution in [0.15, 0.2) is 35.4 Å². The van der Waals surface area contributed by atoms with E-state index in [1.165, 1.54) is 19.2 Å². The highest BCUT2D eigenvalue weighted by molar-refractivity contribution is 6.15. The van der Waals surface area contributed by atoms with Gasteiger partial charge in [0, 0.05) is 17.2 Å². The first-order valence-corrected chi connectivity index (χ1v) is 7.69. The van der Waals surface area contributed by atoms with E-state index in [-0.39, 0.29) is 30.6 Å². The summed E-state index contributed by atoms with van der Waals surface area (Å²) in [4.78, 5) is 22.6. The Bertz CT molecular complexity index is 969. The summed E-state index contributed by atoms with van der Waals surface area (Å²) >= 11 is 0. The molecule has 0 atom stereocenters. The number of benzene rings is 2. The number of hydrazone groups is 1. The van der Waals surface area contributed by atoms with E-state index in [1.807, 2.05) is 0 Å². The number of nitro groups is 1. The van der Waals surface area contributed by atoms with E-state index in [9.17, 15) is 14.9 Å². The molecule has 0 aromatic heterocycles. The van der Waals surface area contributed by atoms with Crippen LogP contribution >= 0.6 is 0 Å². The second kappa shape index (κ2) is 6.03. The fourth-order valence-electron chi connectivity index (χ4n) is 2.94. The van der Waals surface area contributed by atoms with Crippen LogP contribution in [0, 0.1) is 10.1 Å². The van der Waals surface area contributed by atoms with Crippen molar-refractivity contribution in [1.29, 1.82) is 0 Å². The summed E-state index contributed by atoms with van der Waals surface area (Å²) in [6, 6.07) is 7.93. The Morgan fingerprint density at radius 3 is 2.73 bits per heavy atom. The van der Waals surface area contributed by atoms with Gasteiger partial charge >= 0.3 is 5.69 Å². The minimum atomic E-state index is -0.523. The van der Waals surface area contributed by atoms with Gasteiger partial charge in [0.15, 0.2) is 17.2 Å². The van der Waals surface area contributed by atoms with Gasteiger partial charge in [-0.2, -0.15) is 5.10 Å². The van der Waals surface area contributed by atoms with Crippen molar-refractivity contribution in [3.63, 3.8) is 0 Å². The molecule has 9 nitrogen and oxygen atoms in total. The second-order valence-corrected chi connectivity index (χ2v) is 5.68. The Morgan fingerprint density at radius 2 is 2.00 bits per heavy atom. The molecule has 4 rings (SSSR count). The summed E-state index contributed by atoms with van der Waals surface area (Å²) in [6.45, 7) is 0.113. The Labute approximate surface area is 147 Å². The van der Waals surface area contributed by atoms with Gasteiger partial charge in [0.25, 0.3) is 0 Å². The van der Waals surface area contributed by atoms with Crippen LogP contribution in [0.25, 0.3) is 0 Å². The number of nitrogens with zero attached hydrogens (tertiary/aromatic N) is 2. The maximum absolute atomic E-state index is 12.0. The normalized spacial score (nSPS) is 14.8. The zero-order valence-corrected chi connectivity index (χ0v) is 13.6. The second-order valence-electron chi connectivity index (χ2n) is 5.68. The minimum Gasteiger partial charge on any atom is -0.490 e. The van der Waals surface area contributed by atoms with E-state index in [1.54, 1.807) is 18.2 Å². The van der Waals surface area contributed by atoms with E-state index in [0.29, 0.717) is 28.3 Å². The molecular formula is C17H13N3O6. The number of nitrogens with one attached hydrogen (secondary N) is 1. The molecule has 1 amide bonds. The smallest absolute Gasteiger partial charge is 0.310 e. The topological polar surface area (TPSA) is 112 Å². The van der Waals surface area contributed by atoms with E-state index < -0.39 is 4.92 Å². The van der Waals surface area contributed by atoms with E-state index in [2.05, 4.69) is 10.5 Å². The Kier molecular flexibility index (Phi) is 3.68. The summed E-state index contributed by atoms with van der Waals surface area (Å²) in [6.07, 6.45) is 0.128. The first-order chi connectivity index (χ1) is 12.6. The molecule has 0 saturated carbocycles. The summed E-state index contributed by atoms with van der Waals surface area (Å²) < 4.78 is 15.9. The summed E-state index contributed by atoms with van der Waals surface area (Å²) in [5.41, 5.74) is 4.76. The molecule has 0 spiro atoms. The van der Waals surface area contributed by atoms with E-state index in [4.69, 9.17) is 14.2 Å². The fourth-order valence-corrected chi connectivity index (χ4v) is 2.94. The molecule has 2 aromatic carbocycles. The Morgan fingerprint density at radius 1 is 1.23 bits per heavy atom. The lowest BCUT2D eigenvalue weighted by Crippen LogP contribution is -2.18. The van der Waals surface area contributed by atoms with Crippen LogP contribution in [0.5, 0.6) is 17.2 Å². The number of amides is 1. The van der Waals surface area contributed by atoms with Crippen molar-refractivity contribution in [3.05, 3.63) is 57.1 Å². The number of rotatable bonds is 3. The summed E-state index contributed by atoms with van der Waals surface area (Å²) in [7, 11) is 1.36. The SMILES string of the molecule is COc1cc(C2=NNC(=O)Cc3cc4c(cc32)OCO4)ccc1[N+](=O)[O-]. The van der Waals surface area contributed by atoms with Gasteiger partial charge in [0.2, 0.25) is 12.7 Å². The van der Waals surface area contributed by atoms with Gasteiger partial charge in [-0.3, -0.25) is 14.9 Å². The van der Waals surface area contributed by atoms with Crippen molar-refractivity contribution in [2.75, 3.05) is 13.9 Å². The quantitative estimate of drug-likeness (QED) is 0.663. The third kappa shape index (κ3) is 2.59. The summed E-state index contributed by atoms with van der Waals surface area (Å²) in [5.74, 6) is 0.959. The first kappa shape index (κ1) is 15.9. The van der Waals surface area contributed by atoms with Gasteiger partial charge in [-0.05, 0) is 29.8 Å². The largest absolute Gasteiger partial charge is 0.490 e. The lowest BCUT2D eigenvalue weighted by Gasteiger charge is -2.11. The van der Waals surface area contributed by atoms with Crippen LogP contribution in [-0.2, 0) is 11.2 Å². The lowest BCUT2D eigenvalue weighted by molar-refractivity contribution is -0.385. The number of methoxy groups -OCH3 is 1. The van der Waals surface area contributed by atoms with Crippen LogP contribution in [0.2, 0.25) is 0 Å². The van der Waals surface area contributed by atoms with Crippen molar-refractivity contribution in [2.24, 2.45) is 5.10 Å². The minimum absolute atomic E-state index is 0.105. The number of nitro benzene ring substituents is 1. The van der Waals surface area contributed by atoms with Gasteiger partial charge in [0.05, 0.1) is 24.2 Å². The molecule has 0 bridgehead atoms. The van der Waals surface area contributed by atoms with Crippen molar-refractivity contribution in [2.45, 2.75) is 6.42 Å². The molecule has 2 aromatic rings. The predicted molar refractivity (Wildman–Crippen MR) is 89.7 cm³/mol. The van der Waals surface area contributed by atoms with Crippen molar-refractivity contribution in [1.82, 2.24) is 5.43 Å². The molecule has 0 unspecified atom stereocenters. The zero-order chi connectivity index (χ0) is 18.3. The van der Waals surface area contributed by atoms with Crippen LogP contribution in [-0.4, -0.2) is 30.4 Å². The molecule has 0 fully saturated rings. The number of carbonyl (C=O) groups excluding carboxylic acids is 1. The molecule has 2 heterocycles.